The normalized spacial score (nSPS) is 11.8. The molecule has 1 rings (SSSR count). The van der Waals surface area contributed by atoms with Gasteiger partial charge in [-0.15, -0.1) is 0 Å². The first-order valence-corrected chi connectivity index (χ1v) is 7.26. The van der Waals surface area contributed by atoms with Crippen molar-refractivity contribution >= 4 is 29.0 Å². The molecule has 0 saturated carbocycles. The Bertz CT molecular complexity index is 496. The van der Waals surface area contributed by atoms with E-state index in [9.17, 15) is 14.9 Å². The minimum Gasteiger partial charge on any atom is -0.490 e. The van der Waals surface area contributed by atoms with Gasteiger partial charge < -0.3 is 15.8 Å². The van der Waals surface area contributed by atoms with Crippen molar-refractivity contribution in [2.24, 2.45) is 5.73 Å². The number of benzene rings is 1. The molecular weight excluding hydrogens is 282 g/mol. The molecule has 3 N–H and O–H groups in total. The zero-order valence-corrected chi connectivity index (χ0v) is 12.1. The Balaban J connectivity index is 2.80. The van der Waals surface area contributed by atoms with E-state index >= 15 is 0 Å². The number of methoxy groups -OCH3 is 1. The van der Waals surface area contributed by atoms with Crippen molar-refractivity contribution in [3.05, 3.63) is 28.3 Å². The van der Waals surface area contributed by atoms with E-state index in [0.29, 0.717) is 12.1 Å². The fraction of sp³-hybridized carbons (Fsp3) is 0.417. The Labute approximate surface area is 121 Å². The molecule has 0 heterocycles. The van der Waals surface area contributed by atoms with Crippen molar-refractivity contribution in [2.75, 3.05) is 24.4 Å². The lowest BCUT2D eigenvalue weighted by molar-refractivity contribution is -0.385. The van der Waals surface area contributed by atoms with E-state index in [0.717, 1.165) is 5.75 Å². The fourth-order valence-electron chi connectivity index (χ4n) is 1.52. The van der Waals surface area contributed by atoms with Crippen LogP contribution in [0, 0.1) is 10.1 Å². The van der Waals surface area contributed by atoms with E-state index in [4.69, 9.17) is 10.5 Å². The summed E-state index contributed by atoms with van der Waals surface area (Å²) in [6.45, 7) is 0. The maximum Gasteiger partial charge on any atom is 0.312 e. The molecule has 20 heavy (non-hydrogen) atoms. The summed E-state index contributed by atoms with van der Waals surface area (Å²) in [4.78, 5) is 22.1. The predicted molar refractivity (Wildman–Crippen MR) is 79.3 cm³/mol. The van der Waals surface area contributed by atoms with Crippen molar-refractivity contribution in [1.29, 1.82) is 0 Å². The summed E-state index contributed by atoms with van der Waals surface area (Å²) < 4.78 is 4.89. The summed E-state index contributed by atoms with van der Waals surface area (Å²) in [5.74, 6) is 0.551. The molecule has 0 aliphatic heterocycles. The molecule has 0 saturated heterocycles. The lowest BCUT2D eigenvalue weighted by Gasteiger charge is -2.12. The molecule has 0 aromatic heterocycles. The summed E-state index contributed by atoms with van der Waals surface area (Å²) in [6.07, 6.45) is 2.47. The summed E-state index contributed by atoms with van der Waals surface area (Å²) in [5, 5.41) is 13.4. The molecule has 0 aliphatic rings. The number of rotatable bonds is 7. The first-order chi connectivity index (χ1) is 9.49. The molecule has 0 bridgehead atoms. The van der Waals surface area contributed by atoms with Gasteiger partial charge >= 0.3 is 5.69 Å². The number of ether oxygens (including phenoxy) is 1. The smallest absolute Gasteiger partial charge is 0.312 e. The van der Waals surface area contributed by atoms with Crippen LogP contribution in [0.4, 0.5) is 11.4 Å². The monoisotopic (exact) mass is 299 g/mol. The number of nitrogens with two attached hydrogens (primary N) is 1. The summed E-state index contributed by atoms with van der Waals surface area (Å²) in [6, 6.07) is 3.58. The second-order valence-electron chi connectivity index (χ2n) is 4.02. The number of nitrogens with one attached hydrogen (secondary N) is 1. The summed E-state index contributed by atoms with van der Waals surface area (Å²) >= 11 is 1.60. The minimum absolute atomic E-state index is 0.139. The van der Waals surface area contributed by atoms with E-state index < -0.39 is 11.0 Å². The van der Waals surface area contributed by atoms with Gasteiger partial charge in [0.1, 0.15) is 0 Å². The Kier molecular flexibility index (Phi) is 6.26. The number of hydrogen-bond acceptors (Lipinski definition) is 6. The third kappa shape index (κ3) is 4.39. The number of nitro benzene ring substituents is 1. The van der Waals surface area contributed by atoms with Crippen LogP contribution in [-0.2, 0) is 4.79 Å². The Morgan fingerprint density at radius 1 is 1.60 bits per heavy atom. The first-order valence-electron chi connectivity index (χ1n) is 5.87. The lowest BCUT2D eigenvalue weighted by atomic mass is 10.2. The Hall–Kier alpha value is -1.80. The number of thioether (sulfide) groups is 1. The number of nitrogens with zero attached hydrogens (tertiary/aromatic N) is 1. The van der Waals surface area contributed by atoms with Crippen molar-refractivity contribution in [3.8, 4) is 5.75 Å². The third-order valence-electron chi connectivity index (χ3n) is 2.61. The lowest BCUT2D eigenvalue weighted by Crippen LogP contribution is -2.36. The summed E-state index contributed by atoms with van der Waals surface area (Å²) in [5.41, 5.74) is 5.84. The molecule has 0 radical (unpaired) electrons. The number of carbonyl (C=O) groups is 1. The van der Waals surface area contributed by atoms with Crippen molar-refractivity contribution in [1.82, 2.24) is 0 Å². The molecule has 7 nitrogen and oxygen atoms in total. The maximum absolute atomic E-state index is 11.8. The van der Waals surface area contributed by atoms with Crippen LogP contribution in [0.15, 0.2) is 18.2 Å². The van der Waals surface area contributed by atoms with E-state index in [-0.39, 0.29) is 17.3 Å². The third-order valence-corrected chi connectivity index (χ3v) is 3.26. The molecule has 1 atom stereocenters. The molecular formula is C12H17N3O4S. The second kappa shape index (κ2) is 7.71. The molecule has 110 valence electrons. The second-order valence-corrected chi connectivity index (χ2v) is 5.01. The van der Waals surface area contributed by atoms with Gasteiger partial charge in [-0.2, -0.15) is 11.8 Å². The SMILES string of the molecule is COc1ccc(NC(=O)[C@H](N)CCSC)cc1[N+](=O)[O-]. The number of amides is 1. The van der Waals surface area contributed by atoms with Gasteiger partial charge in [-0.25, -0.2) is 0 Å². The van der Waals surface area contributed by atoms with E-state index in [2.05, 4.69) is 5.32 Å². The van der Waals surface area contributed by atoms with Gasteiger partial charge in [0.25, 0.3) is 0 Å². The largest absolute Gasteiger partial charge is 0.490 e. The predicted octanol–water partition coefficient (Wildman–Crippen LogP) is 1.62. The van der Waals surface area contributed by atoms with Crippen LogP contribution < -0.4 is 15.8 Å². The van der Waals surface area contributed by atoms with Gasteiger partial charge in [-0.1, -0.05) is 0 Å². The quantitative estimate of drug-likeness (QED) is 0.585. The zero-order valence-electron chi connectivity index (χ0n) is 11.3. The minimum atomic E-state index is -0.636. The highest BCUT2D eigenvalue weighted by atomic mass is 32.2. The number of carbonyl (C=O) groups excluding carboxylic acids is 1. The Morgan fingerprint density at radius 3 is 2.85 bits per heavy atom. The van der Waals surface area contributed by atoms with E-state index in [1.165, 1.54) is 25.3 Å². The fourth-order valence-corrected chi connectivity index (χ4v) is 2.01. The maximum atomic E-state index is 11.8. The van der Waals surface area contributed by atoms with Crippen molar-refractivity contribution in [2.45, 2.75) is 12.5 Å². The standard InChI is InChI=1S/C12H17N3O4S/c1-19-11-4-3-8(7-10(11)15(17)18)14-12(16)9(13)5-6-20-2/h3-4,7,9H,5-6,13H2,1-2H3,(H,14,16)/t9-/m1/s1. The average molecular weight is 299 g/mol. The van der Waals surface area contributed by atoms with Crippen LogP contribution in [0.2, 0.25) is 0 Å². The number of anilines is 1. The average Bonchev–Trinajstić information content (AvgIpc) is 2.44. The molecule has 1 aromatic carbocycles. The molecule has 0 fully saturated rings. The van der Waals surface area contributed by atoms with Gasteiger partial charge in [0.2, 0.25) is 5.91 Å². The molecule has 1 aromatic rings. The van der Waals surface area contributed by atoms with Crippen LogP contribution in [0.5, 0.6) is 5.75 Å². The van der Waals surface area contributed by atoms with Crippen LogP contribution in [0.1, 0.15) is 6.42 Å². The highest BCUT2D eigenvalue weighted by Crippen LogP contribution is 2.29. The molecule has 1 amide bonds. The molecule has 0 spiro atoms. The van der Waals surface area contributed by atoms with Gasteiger partial charge in [-0.3, -0.25) is 14.9 Å². The van der Waals surface area contributed by atoms with E-state index in [1.54, 1.807) is 11.8 Å². The zero-order chi connectivity index (χ0) is 15.1. The summed E-state index contributed by atoms with van der Waals surface area (Å²) in [7, 11) is 1.35. The molecule has 0 unspecified atom stereocenters. The molecule has 0 aliphatic carbocycles. The highest BCUT2D eigenvalue weighted by Gasteiger charge is 2.18. The van der Waals surface area contributed by atoms with Gasteiger partial charge in [0.05, 0.1) is 18.1 Å². The topological polar surface area (TPSA) is 107 Å². The van der Waals surface area contributed by atoms with Crippen molar-refractivity contribution in [3.63, 3.8) is 0 Å². The van der Waals surface area contributed by atoms with Gasteiger partial charge in [0.15, 0.2) is 5.75 Å². The number of hydrogen-bond donors (Lipinski definition) is 2. The van der Waals surface area contributed by atoms with Crippen LogP contribution in [0.25, 0.3) is 0 Å². The van der Waals surface area contributed by atoms with Crippen LogP contribution in [0.3, 0.4) is 0 Å². The van der Waals surface area contributed by atoms with E-state index in [1.807, 2.05) is 6.26 Å². The number of nitro groups is 1. The van der Waals surface area contributed by atoms with Crippen LogP contribution in [-0.4, -0.2) is 36.0 Å². The van der Waals surface area contributed by atoms with Gasteiger partial charge in [-0.05, 0) is 30.6 Å². The van der Waals surface area contributed by atoms with Crippen LogP contribution >= 0.6 is 11.8 Å². The van der Waals surface area contributed by atoms with Crippen molar-refractivity contribution < 1.29 is 14.5 Å². The molecule has 8 heteroatoms. The highest BCUT2D eigenvalue weighted by molar-refractivity contribution is 7.98. The van der Waals surface area contributed by atoms with Gasteiger partial charge in [0, 0.05) is 11.8 Å². The first kappa shape index (κ1) is 16.3. The Morgan fingerprint density at radius 2 is 2.30 bits per heavy atom.